The monoisotopic (exact) mass is 446 g/mol. The zero-order valence-corrected chi connectivity index (χ0v) is 17.6. The molecule has 0 aliphatic heterocycles. The summed E-state index contributed by atoms with van der Waals surface area (Å²) >= 11 is 0. The van der Waals surface area contributed by atoms with E-state index in [1.54, 1.807) is 19.2 Å². The largest absolute Gasteiger partial charge is 0.411 e. The van der Waals surface area contributed by atoms with Crippen LogP contribution in [-0.4, -0.2) is 30.2 Å². The Morgan fingerprint density at radius 3 is 2.16 bits per heavy atom. The van der Waals surface area contributed by atoms with Crippen molar-refractivity contribution in [2.75, 3.05) is 6.26 Å². The summed E-state index contributed by atoms with van der Waals surface area (Å²) in [5, 5.41) is 13.0. The number of aromatic nitrogens is 1. The van der Waals surface area contributed by atoms with Gasteiger partial charge >= 0.3 is 0 Å². The molecule has 3 aromatic rings. The summed E-state index contributed by atoms with van der Waals surface area (Å²) in [4.78, 5) is 11.8. The Morgan fingerprint density at radius 2 is 1.65 bits per heavy atom. The summed E-state index contributed by atoms with van der Waals surface area (Å²) < 4.78 is 52.7. The van der Waals surface area contributed by atoms with Gasteiger partial charge in [-0.25, -0.2) is 17.2 Å². The second-order valence-electron chi connectivity index (χ2n) is 7.21. The number of rotatable bonds is 6. The van der Waals surface area contributed by atoms with Gasteiger partial charge in [-0.2, -0.15) is 0 Å². The summed E-state index contributed by atoms with van der Waals surface area (Å²) in [5.41, 5.74) is 1.26. The first-order valence-electron chi connectivity index (χ1n) is 9.22. The van der Waals surface area contributed by atoms with E-state index >= 15 is 0 Å². The fourth-order valence-electron chi connectivity index (χ4n) is 3.33. The van der Waals surface area contributed by atoms with Crippen molar-refractivity contribution in [3.05, 3.63) is 99.5 Å². The highest BCUT2D eigenvalue weighted by atomic mass is 32.2. The van der Waals surface area contributed by atoms with Crippen molar-refractivity contribution in [1.29, 1.82) is 0 Å². The van der Waals surface area contributed by atoms with Gasteiger partial charge in [0, 0.05) is 49.5 Å². The van der Waals surface area contributed by atoms with Crippen LogP contribution in [0.2, 0.25) is 0 Å². The van der Waals surface area contributed by atoms with E-state index < -0.39 is 27.4 Å². The van der Waals surface area contributed by atoms with Crippen LogP contribution in [0.3, 0.4) is 0 Å². The SMILES string of the molecule is Cn1cc(/C(CC(c2ccc(S(C)(=O)=O)cc2)c2cc(F)cc(F)c2)=N/O)ccc1=O. The first-order chi connectivity index (χ1) is 14.6. The number of nitrogens with zero attached hydrogens (tertiary/aromatic N) is 2. The van der Waals surface area contributed by atoms with E-state index in [1.165, 1.54) is 47.2 Å². The normalized spacial score (nSPS) is 13.2. The van der Waals surface area contributed by atoms with Crippen LogP contribution in [0.25, 0.3) is 0 Å². The highest BCUT2D eigenvalue weighted by Gasteiger charge is 2.21. The summed E-state index contributed by atoms with van der Waals surface area (Å²) in [7, 11) is -1.87. The minimum absolute atomic E-state index is 0.0375. The lowest BCUT2D eigenvalue weighted by Crippen LogP contribution is -2.18. The first kappa shape index (κ1) is 22.4. The van der Waals surface area contributed by atoms with Crippen molar-refractivity contribution in [2.24, 2.45) is 12.2 Å². The molecule has 0 amide bonds. The fraction of sp³-hybridized carbons (Fsp3) is 0.182. The van der Waals surface area contributed by atoms with Crippen LogP contribution in [-0.2, 0) is 16.9 Å². The third kappa shape index (κ3) is 5.24. The molecule has 1 atom stereocenters. The van der Waals surface area contributed by atoms with Crippen molar-refractivity contribution >= 4 is 15.5 Å². The van der Waals surface area contributed by atoms with Gasteiger partial charge in [0.05, 0.1) is 10.6 Å². The van der Waals surface area contributed by atoms with Gasteiger partial charge in [0.25, 0.3) is 0 Å². The smallest absolute Gasteiger partial charge is 0.250 e. The Hall–Kier alpha value is -3.33. The van der Waals surface area contributed by atoms with Gasteiger partial charge in [0.15, 0.2) is 9.84 Å². The molecular weight excluding hydrogens is 426 g/mol. The topological polar surface area (TPSA) is 88.7 Å². The lowest BCUT2D eigenvalue weighted by Gasteiger charge is -2.20. The van der Waals surface area contributed by atoms with Crippen LogP contribution in [0.15, 0.2) is 75.6 Å². The minimum atomic E-state index is -3.42. The quantitative estimate of drug-likeness (QED) is 0.357. The summed E-state index contributed by atoms with van der Waals surface area (Å²) in [6.45, 7) is 0. The van der Waals surface area contributed by atoms with Crippen LogP contribution in [0, 0.1) is 11.6 Å². The molecule has 1 aromatic heterocycles. The molecule has 0 fully saturated rings. The van der Waals surface area contributed by atoms with Crippen molar-refractivity contribution in [3.8, 4) is 0 Å². The second kappa shape index (κ2) is 8.81. The highest BCUT2D eigenvalue weighted by Crippen LogP contribution is 2.31. The fourth-order valence-corrected chi connectivity index (χ4v) is 3.96. The molecule has 0 aliphatic carbocycles. The van der Waals surface area contributed by atoms with Gasteiger partial charge in [-0.3, -0.25) is 4.79 Å². The Morgan fingerprint density at radius 1 is 1.03 bits per heavy atom. The van der Waals surface area contributed by atoms with Gasteiger partial charge in [0.1, 0.15) is 11.6 Å². The van der Waals surface area contributed by atoms with Crippen molar-refractivity contribution < 1.29 is 22.4 Å². The molecule has 1 N–H and O–H groups in total. The minimum Gasteiger partial charge on any atom is -0.411 e. The number of sulfone groups is 1. The Bertz CT molecular complexity index is 1280. The summed E-state index contributed by atoms with van der Waals surface area (Å²) in [6, 6.07) is 11.8. The molecule has 0 radical (unpaired) electrons. The molecule has 6 nitrogen and oxygen atoms in total. The maximum absolute atomic E-state index is 13.9. The van der Waals surface area contributed by atoms with E-state index in [0.717, 1.165) is 12.3 Å². The van der Waals surface area contributed by atoms with E-state index in [-0.39, 0.29) is 28.2 Å². The second-order valence-corrected chi connectivity index (χ2v) is 9.23. The summed E-state index contributed by atoms with van der Waals surface area (Å²) in [6.07, 6.45) is 2.61. The zero-order chi connectivity index (χ0) is 22.8. The van der Waals surface area contributed by atoms with Gasteiger partial charge in [0.2, 0.25) is 5.56 Å². The molecule has 1 heterocycles. The van der Waals surface area contributed by atoms with Crippen LogP contribution >= 0.6 is 0 Å². The number of benzene rings is 2. The van der Waals surface area contributed by atoms with E-state index in [1.807, 2.05) is 0 Å². The molecule has 0 aliphatic rings. The van der Waals surface area contributed by atoms with Crippen molar-refractivity contribution in [1.82, 2.24) is 4.57 Å². The molecular formula is C22H20F2N2O4S. The maximum atomic E-state index is 13.9. The Kier molecular flexibility index (Phi) is 6.35. The van der Waals surface area contributed by atoms with Gasteiger partial charge < -0.3 is 9.77 Å². The van der Waals surface area contributed by atoms with Crippen molar-refractivity contribution in [2.45, 2.75) is 17.2 Å². The van der Waals surface area contributed by atoms with E-state index in [2.05, 4.69) is 5.16 Å². The molecule has 2 aromatic carbocycles. The van der Waals surface area contributed by atoms with Crippen LogP contribution in [0.4, 0.5) is 8.78 Å². The van der Waals surface area contributed by atoms with E-state index in [0.29, 0.717) is 11.1 Å². The van der Waals surface area contributed by atoms with Crippen LogP contribution < -0.4 is 5.56 Å². The number of oxime groups is 1. The molecule has 31 heavy (non-hydrogen) atoms. The third-order valence-electron chi connectivity index (χ3n) is 4.94. The predicted octanol–water partition coefficient (Wildman–Crippen LogP) is 3.47. The van der Waals surface area contributed by atoms with Crippen molar-refractivity contribution in [3.63, 3.8) is 0 Å². The number of pyridine rings is 1. The molecule has 9 heteroatoms. The van der Waals surface area contributed by atoms with E-state index in [9.17, 15) is 27.2 Å². The van der Waals surface area contributed by atoms with Crippen LogP contribution in [0.5, 0.6) is 0 Å². The van der Waals surface area contributed by atoms with Gasteiger partial charge in [-0.15, -0.1) is 0 Å². The average Bonchev–Trinajstić information content (AvgIpc) is 2.70. The molecule has 0 spiro atoms. The lowest BCUT2D eigenvalue weighted by molar-refractivity contribution is 0.317. The van der Waals surface area contributed by atoms with E-state index in [4.69, 9.17) is 0 Å². The molecule has 0 saturated carbocycles. The Labute approximate surface area is 178 Å². The third-order valence-corrected chi connectivity index (χ3v) is 6.06. The molecule has 0 saturated heterocycles. The highest BCUT2D eigenvalue weighted by molar-refractivity contribution is 7.90. The predicted molar refractivity (Wildman–Crippen MR) is 112 cm³/mol. The number of aryl methyl sites for hydroxylation is 1. The first-order valence-corrected chi connectivity index (χ1v) is 11.1. The van der Waals surface area contributed by atoms with Gasteiger partial charge in [-0.05, 0) is 41.5 Å². The number of halogens is 2. The standard InChI is InChI=1S/C22H20F2N2O4S/c1-26-13-15(5-8-22(26)27)21(25-28)12-20(16-9-17(23)11-18(24)10-16)14-3-6-19(7-4-14)31(2,29)30/h3-11,13,20,28H,12H2,1-2H3/b25-21+. The van der Waals surface area contributed by atoms with Crippen LogP contribution in [0.1, 0.15) is 29.0 Å². The maximum Gasteiger partial charge on any atom is 0.250 e. The number of hydrogen-bond donors (Lipinski definition) is 1. The average molecular weight is 446 g/mol. The molecule has 3 rings (SSSR count). The summed E-state index contributed by atoms with van der Waals surface area (Å²) in [5.74, 6) is -2.18. The molecule has 0 bridgehead atoms. The number of hydrogen-bond acceptors (Lipinski definition) is 5. The molecule has 1 unspecified atom stereocenters. The molecule has 162 valence electrons. The van der Waals surface area contributed by atoms with Gasteiger partial charge in [-0.1, -0.05) is 17.3 Å². The zero-order valence-electron chi connectivity index (χ0n) is 16.8. The Balaban J connectivity index is 2.09. The lowest BCUT2D eigenvalue weighted by atomic mass is 9.85.